The number of fused-ring (bicyclic) bond motifs is 3. The van der Waals surface area contributed by atoms with Gasteiger partial charge in [-0.15, -0.1) is 0 Å². The van der Waals surface area contributed by atoms with Gasteiger partial charge in [0.05, 0.1) is 25.6 Å². The number of rotatable bonds is 3. The number of nitrogens with one attached hydrogen (secondary N) is 1. The first-order valence-corrected chi connectivity index (χ1v) is 7.99. The Labute approximate surface area is 145 Å². The van der Waals surface area contributed by atoms with Crippen molar-refractivity contribution in [3.63, 3.8) is 0 Å². The molecule has 0 saturated carbocycles. The third-order valence-corrected chi connectivity index (χ3v) is 4.42. The van der Waals surface area contributed by atoms with Crippen molar-refractivity contribution < 1.29 is 14.6 Å². The Balaban J connectivity index is 1.90. The predicted octanol–water partition coefficient (Wildman–Crippen LogP) is 3.55. The number of hydrogen-bond donors (Lipinski definition) is 2. The summed E-state index contributed by atoms with van der Waals surface area (Å²) in [6, 6.07) is 13.8. The minimum atomic E-state index is -0.234. The van der Waals surface area contributed by atoms with E-state index in [-0.39, 0.29) is 11.9 Å². The van der Waals surface area contributed by atoms with Gasteiger partial charge in [0.15, 0.2) is 11.5 Å². The highest BCUT2D eigenvalue weighted by Crippen LogP contribution is 2.43. The molecule has 4 rings (SSSR count). The van der Waals surface area contributed by atoms with Crippen LogP contribution in [0.15, 0.2) is 42.5 Å². The summed E-state index contributed by atoms with van der Waals surface area (Å²) in [5.41, 5.74) is 5.01. The predicted molar refractivity (Wildman–Crippen MR) is 95.4 cm³/mol. The van der Waals surface area contributed by atoms with E-state index in [1.807, 2.05) is 29.8 Å². The molecule has 1 aromatic heterocycles. The number of para-hydroxylation sites is 1. The fourth-order valence-corrected chi connectivity index (χ4v) is 3.25. The summed E-state index contributed by atoms with van der Waals surface area (Å²) < 4.78 is 12.5. The third-order valence-electron chi connectivity index (χ3n) is 4.42. The highest BCUT2D eigenvalue weighted by Gasteiger charge is 2.27. The first-order chi connectivity index (χ1) is 12.1. The van der Waals surface area contributed by atoms with Gasteiger partial charge in [-0.2, -0.15) is 5.10 Å². The molecule has 0 spiro atoms. The lowest BCUT2D eigenvalue weighted by atomic mass is 10.0. The van der Waals surface area contributed by atoms with E-state index in [1.165, 1.54) is 14.2 Å². The molecule has 2 N–H and O–H groups in total. The normalized spacial score (nSPS) is 15.1. The van der Waals surface area contributed by atoms with Crippen LogP contribution in [0.25, 0.3) is 11.3 Å². The molecular weight excluding hydrogens is 318 g/mol. The highest BCUT2D eigenvalue weighted by atomic mass is 16.5. The smallest absolute Gasteiger partial charge is 0.200 e. The minimum Gasteiger partial charge on any atom is -0.502 e. The van der Waals surface area contributed by atoms with Crippen LogP contribution in [0.1, 0.15) is 17.4 Å². The molecule has 0 unspecified atom stereocenters. The molecule has 3 aromatic rings. The van der Waals surface area contributed by atoms with Crippen molar-refractivity contribution in [1.82, 2.24) is 9.78 Å². The zero-order valence-corrected chi connectivity index (χ0v) is 14.3. The van der Waals surface area contributed by atoms with Gasteiger partial charge in [-0.3, -0.25) is 0 Å². The molecule has 0 fully saturated rings. The zero-order chi connectivity index (χ0) is 17.6. The molecule has 0 radical (unpaired) electrons. The van der Waals surface area contributed by atoms with Crippen LogP contribution in [-0.4, -0.2) is 29.1 Å². The van der Waals surface area contributed by atoms with Crippen LogP contribution in [0.4, 0.5) is 5.69 Å². The molecule has 1 atom stereocenters. The Hall–Kier alpha value is -3.15. The molecule has 2 aromatic carbocycles. The Morgan fingerprint density at radius 3 is 2.44 bits per heavy atom. The van der Waals surface area contributed by atoms with E-state index in [0.29, 0.717) is 11.5 Å². The van der Waals surface area contributed by atoms with E-state index in [4.69, 9.17) is 9.47 Å². The van der Waals surface area contributed by atoms with Crippen LogP contribution in [0.3, 0.4) is 0 Å². The van der Waals surface area contributed by atoms with E-state index in [0.717, 1.165) is 28.2 Å². The molecule has 6 heteroatoms. The second kappa shape index (κ2) is 5.73. The van der Waals surface area contributed by atoms with Gasteiger partial charge in [0.1, 0.15) is 6.17 Å². The van der Waals surface area contributed by atoms with Gasteiger partial charge in [-0.25, -0.2) is 4.68 Å². The van der Waals surface area contributed by atoms with Gasteiger partial charge in [-0.1, -0.05) is 18.2 Å². The van der Waals surface area contributed by atoms with Crippen LogP contribution < -0.4 is 14.8 Å². The third kappa shape index (κ3) is 2.38. The number of aromatic nitrogens is 2. The molecule has 6 nitrogen and oxygen atoms in total. The second-order valence-corrected chi connectivity index (χ2v) is 5.98. The fraction of sp³-hybridized carbons (Fsp3) is 0.211. The van der Waals surface area contributed by atoms with E-state index >= 15 is 0 Å². The average molecular weight is 337 g/mol. The number of aryl methyl sites for hydroxylation is 1. The maximum atomic E-state index is 10.2. The molecule has 0 aliphatic carbocycles. The number of methoxy groups -OCH3 is 2. The van der Waals surface area contributed by atoms with E-state index in [9.17, 15) is 5.11 Å². The van der Waals surface area contributed by atoms with Crippen LogP contribution >= 0.6 is 0 Å². The Morgan fingerprint density at radius 1 is 1.08 bits per heavy atom. The lowest BCUT2D eigenvalue weighted by molar-refractivity contribution is 0.338. The van der Waals surface area contributed by atoms with Gasteiger partial charge < -0.3 is 19.9 Å². The monoisotopic (exact) mass is 337 g/mol. The van der Waals surface area contributed by atoms with Gasteiger partial charge in [0.25, 0.3) is 0 Å². The quantitative estimate of drug-likeness (QED) is 0.765. The topological polar surface area (TPSA) is 68.5 Å². The van der Waals surface area contributed by atoms with E-state index < -0.39 is 0 Å². The molecule has 1 aliphatic rings. The number of aromatic hydroxyl groups is 1. The molecule has 0 saturated heterocycles. The molecule has 128 valence electrons. The lowest BCUT2D eigenvalue weighted by Crippen LogP contribution is -2.25. The minimum absolute atomic E-state index is 0.0122. The van der Waals surface area contributed by atoms with Crippen molar-refractivity contribution in [2.75, 3.05) is 19.5 Å². The second-order valence-electron chi connectivity index (χ2n) is 5.98. The van der Waals surface area contributed by atoms with Crippen molar-refractivity contribution >= 4 is 5.69 Å². The number of nitrogens with zero attached hydrogens (tertiary/aromatic N) is 2. The maximum absolute atomic E-state index is 10.2. The summed E-state index contributed by atoms with van der Waals surface area (Å²) in [6.45, 7) is 1.98. The molecule has 2 heterocycles. The first kappa shape index (κ1) is 15.4. The molecule has 25 heavy (non-hydrogen) atoms. The van der Waals surface area contributed by atoms with Crippen LogP contribution in [0, 0.1) is 6.92 Å². The van der Waals surface area contributed by atoms with E-state index in [2.05, 4.69) is 22.5 Å². The van der Waals surface area contributed by atoms with E-state index in [1.54, 1.807) is 12.1 Å². The van der Waals surface area contributed by atoms with Gasteiger partial charge in [0.2, 0.25) is 5.75 Å². The van der Waals surface area contributed by atoms with Crippen molar-refractivity contribution in [1.29, 1.82) is 0 Å². The standard InChI is InChI=1S/C19H19N3O3/c1-11-8-15-13-6-4-5-7-14(13)20-19(22(15)21-11)12-9-16(24-2)18(23)17(10-12)25-3/h4-10,19-20,23H,1-3H3/t19-/m0/s1. The number of phenols is 1. The van der Waals surface area contributed by atoms with Crippen molar-refractivity contribution in [2.45, 2.75) is 13.1 Å². The maximum Gasteiger partial charge on any atom is 0.200 e. The Morgan fingerprint density at radius 2 is 1.76 bits per heavy atom. The van der Waals surface area contributed by atoms with Gasteiger partial charge in [0, 0.05) is 16.8 Å². The largest absolute Gasteiger partial charge is 0.502 e. The molecule has 1 aliphatic heterocycles. The highest BCUT2D eigenvalue weighted by molar-refractivity contribution is 5.78. The zero-order valence-electron chi connectivity index (χ0n) is 14.3. The lowest BCUT2D eigenvalue weighted by Gasteiger charge is -2.29. The number of phenolic OH excluding ortho intramolecular Hbond substituents is 1. The number of ether oxygens (including phenoxy) is 2. The molecular formula is C19H19N3O3. The van der Waals surface area contributed by atoms with Crippen molar-refractivity contribution in [2.24, 2.45) is 0 Å². The summed E-state index contributed by atoms with van der Waals surface area (Å²) in [7, 11) is 3.04. The summed E-state index contributed by atoms with van der Waals surface area (Å²) in [5, 5.41) is 18.3. The SMILES string of the molecule is COc1cc([C@H]2Nc3ccccc3-c3cc(C)nn32)cc(OC)c1O. The molecule has 0 bridgehead atoms. The van der Waals surface area contributed by atoms with Crippen molar-refractivity contribution in [3.05, 3.63) is 53.7 Å². The molecule has 0 amide bonds. The summed E-state index contributed by atoms with van der Waals surface area (Å²) in [6.07, 6.45) is -0.234. The summed E-state index contributed by atoms with van der Waals surface area (Å²) in [4.78, 5) is 0. The Kier molecular flexibility index (Phi) is 3.53. The van der Waals surface area contributed by atoms with Crippen LogP contribution in [0.5, 0.6) is 17.2 Å². The number of benzene rings is 2. The van der Waals surface area contributed by atoms with Crippen LogP contribution in [0.2, 0.25) is 0 Å². The van der Waals surface area contributed by atoms with Crippen LogP contribution in [-0.2, 0) is 0 Å². The fourth-order valence-electron chi connectivity index (χ4n) is 3.25. The van der Waals surface area contributed by atoms with Gasteiger partial charge >= 0.3 is 0 Å². The number of anilines is 1. The summed E-state index contributed by atoms with van der Waals surface area (Å²) >= 11 is 0. The summed E-state index contributed by atoms with van der Waals surface area (Å²) in [5.74, 6) is 0.711. The number of hydrogen-bond acceptors (Lipinski definition) is 5. The first-order valence-electron chi connectivity index (χ1n) is 7.99. The van der Waals surface area contributed by atoms with Gasteiger partial charge in [-0.05, 0) is 31.2 Å². The average Bonchev–Trinajstić information content (AvgIpc) is 3.03. The van der Waals surface area contributed by atoms with Crippen molar-refractivity contribution in [3.8, 4) is 28.5 Å². The Bertz CT molecular complexity index is 924.